The Morgan fingerprint density at radius 3 is 2.52 bits per heavy atom. The summed E-state index contributed by atoms with van der Waals surface area (Å²) in [5.74, 6) is 0. The molecule has 116 valence electrons. The van der Waals surface area contributed by atoms with Crippen molar-refractivity contribution in [1.82, 2.24) is 15.5 Å². The van der Waals surface area contributed by atoms with Gasteiger partial charge in [0.1, 0.15) is 0 Å². The van der Waals surface area contributed by atoms with Gasteiger partial charge in [-0.05, 0) is 38.5 Å². The average Bonchev–Trinajstić information content (AvgIpc) is 2.80. The smallest absolute Gasteiger partial charge is 0.387 e. The van der Waals surface area contributed by atoms with Crippen LogP contribution >= 0.6 is 0 Å². The lowest BCUT2D eigenvalue weighted by molar-refractivity contribution is -0.137. The molecule has 3 N–H and O–H groups in total. The van der Waals surface area contributed by atoms with Crippen molar-refractivity contribution in [3.8, 4) is 0 Å². The number of hydrogen-bond acceptors (Lipinski definition) is 3. The summed E-state index contributed by atoms with van der Waals surface area (Å²) in [6.07, 6.45) is -4.09. The molecule has 0 fully saturated rings. The van der Waals surface area contributed by atoms with Crippen molar-refractivity contribution in [3.05, 3.63) is 29.5 Å². The summed E-state index contributed by atoms with van der Waals surface area (Å²) in [5.41, 5.74) is -0.568. The van der Waals surface area contributed by atoms with Crippen molar-refractivity contribution in [2.75, 3.05) is 6.54 Å². The minimum atomic E-state index is -4.47. The molecule has 1 heterocycles. The van der Waals surface area contributed by atoms with Crippen LogP contribution in [-0.4, -0.2) is 27.4 Å². The second-order valence-corrected chi connectivity index (χ2v) is 6.04. The molecule has 0 aliphatic heterocycles. The van der Waals surface area contributed by atoms with Gasteiger partial charge in [-0.3, -0.25) is 5.10 Å². The summed E-state index contributed by atoms with van der Waals surface area (Å²) < 4.78 is 38.7. The predicted octanol–water partition coefficient (Wildman–Crippen LogP) is 3.00. The van der Waals surface area contributed by atoms with Crippen LogP contribution in [0.3, 0.4) is 0 Å². The standard InChI is InChI=1S/C14H18F3N3O/c1-13(2,3)18-7-12(21)9-4-8(14(15,16)17)5-11-10(9)6-19-20-11/h4-6,12,18,21H,7H2,1-3H3,(H,19,20)/t12-/m0/s1. The molecule has 0 saturated heterocycles. The zero-order valence-electron chi connectivity index (χ0n) is 12.0. The largest absolute Gasteiger partial charge is 0.416 e. The van der Waals surface area contributed by atoms with E-state index < -0.39 is 17.8 Å². The highest BCUT2D eigenvalue weighted by Crippen LogP contribution is 2.34. The van der Waals surface area contributed by atoms with Gasteiger partial charge in [0.05, 0.1) is 23.4 Å². The van der Waals surface area contributed by atoms with Crippen molar-refractivity contribution in [2.24, 2.45) is 0 Å². The Hall–Kier alpha value is -1.60. The van der Waals surface area contributed by atoms with E-state index in [1.54, 1.807) is 0 Å². The number of aliphatic hydroxyl groups excluding tert-OH is 1. The number of hydrogen-bond donors (Lipinski definition) is 3. The Labute approximate surface area is 120 Å². The third kappa shape index (κ3) is 3.74. The van der Waals surface area contributed by atoms with Crippen molar-refractivity contribution >= 4 is 10.9 Å². The first kappa shape index (κ1) is 15.8. The van der Waals surface area contributed by atoms with Gasteiger partial charge in [-0.1, -0.05) is 0 Å². The van der Waals surface area contributed by atoms with Crippen LogP contribution in [0.25, 0.3) is 10.9 Å². The maximum atomic E-state index is 12.9. The quantitative estimate of drug-likeness (QED) is 0.816. The molecule has 0 aliphatic carbocycles. The van der Waals surface area contributed by atoms with E-state index in [1.807, 2.05) is 20.8 Å². The van der Waals surface area contributed by atoms with Crippen LogP contribution in [-0.2, 0) is 6.18 Å². The van der Waals surface area contributed by atoms with E-state index in [0.29, 0.717) is 5.39 Å². The zero-order valence-corrected chi connectivity index (χ0v) is 12.0. The molecule has 0 bridgehead atoms. The van der Waals surface area contributed by atoms with Gasteiger partial charge in [-0.2, -0.15) is 18.3 Å². The van der Waals surface area contributed by atoms with Crippen LogP contribution in [0.2, 0.25) is 0 Å². The van der Waals surface area contributed by atoms with E-state index in [9.17, 15) is 18.3 Å². The maximum absolute atomic E-state index is 12.9. The molecular weight excluding hydrogens is 283 g/mol. The predicted molar refractivity (Wildman–Crippen MR) is 73.8 cm³/mol. The monoisotopic (exact) mass is 301 g/mol. The number of β-amino-alcohol motifs (C(OH)–C–C–N with tert-alkyl or cyclic N) is 1. The van der Waals surface area contributed by atoms with E-state index >= 15 is 0 Å². The van der Waals surface area contributed by atoms with Crippen molar-refractivity contribution in [2.45, 2.75) is 38.6 Å². The van der Waals surface area contributed by atoms with Gasteiger partial charge in [0.15, 0.2) is 0 Å². The van der Waals surface area contributed by atoms with Gasteiger partial charge >= 0.3 is 6.18 Å². The zero-order chi connectivity index (χ0) is 15.8. The van der Waals surface area contributed by atoms with Crippen LogP contribution in [0, 0.1) is 0 Å². The molecule has 7 heteroatoms. The van der Waals surface area contributed by atoms with E-state index in [0.717, 1.165) is 12.1 Å². The van der Waals surface area contributed by atoms with Gasteiger partial charge in [0.2, 0.25) is 0 Å². The first-order valence-corrected chi connectivity index (χ1v) is 6.55. The molecule has 2 rings (SSSR count). The average molecular weight is 301 g/mol. The normalized spacial score (nSPS) is 14.6. The molecule has 1 atom stereocenters. The summed E-state index contributed by atoms with van der Waals surface area (Å²) in [6, 6.07) is 1.97. The Bertz CT molecular complexity index is 628. The number of halogens is 3. The molecule has 0 saturated carbocycles. The third-order valence-corrected chi connectivity index (χ3v) is 3.10. The Balaban J connectivity index is 2.39. The first-order valence-electron chi connectivity index (χ1n) is 6.55. The number of nitrogens with zero attached hydrogens (tertiary/aromatic N) is 1. The molecule has 0 radical (unpaired) electrons. The lowest BCUT2D eigenvalue weighted by Gasteiger charge is -2.23. The van der Waals surface area contributed by atoms with Crippen LogP contribution < -0.4 is 5.32 Å². The van der Waals surface area contributed by atoms with Gasteiger partial charge in [0.25, 0.3) is 0 Å². The molecule has 0 spiro atoms. The summed E-state index contributed by atoms with van der Waals surface area (Å²) in [6.45, 7) is 5.91. The molecule has 1 aromatic heterocycles. The fraction of sp³-hybridized carbons (Fsp3) is 0.500. The Morgan fingerprint density at radius 2 is 1.95 bits per heavy atom. The molecule has 2 aromatic rings. The van der Waals surface area contributed by atoms with Crippen LogP contribution in [0.15, 0.2) is 18.3 Å². The number of fused-ring (bicyclic) bond motifs is 1. The summed E-state index contributed by atoms with van der Waals surface area (Å²) >= 11 is 0. The SMILES string of the molecule is CC(C)(C)NC[C@H](O)c1cc(C(F)(F)F)cc2[nH]ncc12. The highest BCUT2D eigenvalue weighted by molar-refractivity contribution is 5.83. The van der Waals surface area contributed by atoms with E-state index in [4.69, 9.17) is 0 Å². The second kappa shape index (κ2) is 5.31. The molecule has 0 amide bonds. The number of aliphatic hydroxyl groups is 1. The first-order chi connectivity index (χ1) is 9.58. The second-order valence-electron chi connectivity index (χ2n) is 6.04. The van der Waals surface area contributed by atoms with Crippen LogP contribution in [0.1, 0.15) is 38.0 Å². The Morgan fingerprint density at radius 1 is 1.29 bits per heavy atom. The van der Waals surface area contributed by atoms with Gasteiger partial charge in [-0.15, -0.1) is 0 Å². The number of alkyl halides is 3. The van der Waals surface area contributed by atoms with E-state index in [2.05, 4.69) is 15.5 Å². The molecule has 1 aromatic carbocycles. The minimum absolute atomic E-state index is 0.158. The van der Waals surface area contributed by atoms with Crippen molar-refractivity contribution < 1.29 is 18.3 Å². The van der Waals surface area contributed by atoms with E-state index in [1.165, 1.54) is 6.20 Å². The molecule has 21 heavy (non-hydrogen) atoms. The van der Waals surface area contributed by atoms with E-state index in [-0.39, 0.29) is 23.2 Å². The fourth-order valence-corrected chi connectivity index (χ4v) is 2.03. The van der Waals surface area contributed by atoms with Gasteiger partial charge in [0, 0.05) is 17.5 Å². The van der Waals surface area contributed by atoms with Crippen LogP contribution in [0.5, 0.6) is 0 Å². The fourth-order valence-electron chi connectivity index (χ4n) is 2.03. The Kier molecular flexibility index (Phi) is 3.99. The number of benzene rings is 1. The molecule has 0 aliphatic rings. The number of aromatic amines is 1. The molecule has 0 unspecified atom stereocenters. The van der Waals surface area contributed by atoms with Crippen molar-refractivity contribution in [1.29, 1.82) is 0 Å². The maximum Gasteiger partial charge on any atom is 0.416 e. The number of aromatic nitrogens is 2. The summed E-state index contributed by atoms with van der Waals surface area (Å²) in [7, 11) is 0. The number of rotatable bonds is 3. The van der Waals surface area contributed by atoms with Gasteiger partial charge < -0.3 is 10.4 Å². The minimum Gasteiger partial charge on any atom is -0.387 e. The lowest BCUT2D eigenvalue weighted by Crippen LogP contribution is -2.38. The molecule has 4 nitrogen and oxygen atoms in total. The summed E-state index contributed by atoms with van der Waals surface area (Å²) in [4.78, 5) is 0. The topological polar surface area (TPSA) is 60.9 Å². The highest BCUT2D eigenvalue weighted by Gasteiger charge is 2.32. The third-order valence-electron chi connectivity index (χ3n) is 3.10. The highest BCUT2D eigenvalue weighted by atomic mass is 19.4. The summed E-state index contributed by atoms with van der Waals surface area (Å²) in [5, 5.41) is 20.1. The lowest BCUT2D eigenvalue weighted by atomic mass is 10.00. The van der Waals surface area contributed by atoms with Crippen molar-refractivity contribution in [3.63, 3.8) is 0 Å². The molecular formula is C14H18F3N3O. The number of H-pyrrole nitrogens is 1. The van der Waals surface area contributed by atoms with Crippen LogP contribution in [0.4, 0.5) is 13.2 Å². The number of nitrogens with one attached hydrogen (secondary N) is 2. The van der Waals surface area contributed by atoms with Gasteiger partial charge in [-0.25, -0.2) is 0 Å².